The molecule has 1 atom stereocenters. The Morgan fingerprint density at radius 3 is 2.17 bits per heavy atom. The van der Waals surface area contributed by atoms with E-state index in [1.54, 1.807) is 0 Å². The van der Waals surface area contributed by atoms with Gasteiger partial charge >= 0.3 is 0 Å². The molecule has 258 valence electrons. The minimum absolute atomic E-state index is 0.0777. The van der Waals surface area contributed by atoms with E-state index in [0.29, 0.717) is 17.5 Å². The van der Waals surface area contributed by atoms with Crippen molar-refractivity contribution in [1.29, 1.82) is 0 Å². The largest absolute Gasteiger partial charge is 0.456 e. The van der Waals surface area contributed by atoms with E-state index in [1.807, 2.05) is 67.6 Å². The van der Waals surface area contributed by atoms with Crippen molar-refractivity contribution in [3.05, 3.63) is 170 Å². The van der Waals surface area contributed by atoms with Crippen LogP contribution in [0, 0.1) is 5.41 Å². The number of fused-ring (bicyclic) bond motifs is 8. The molecule has 10 rings (SSSR count). The van der Waals surface area contributed by atoms with Gasteiger partial charge in [-0.1, -0.05) is 140 Å². The predicted molar refractivity (Wildman–Crippen MR) is 222 cm³/mol. The molecule has 5 heteroatoms. The van der Waals surface area contributed by atoms with Crippen molar-refractivity contribution in [3.63, 3.8) is 0 Å². The first-order valence-electron chi connectivity index (χ1n) is 18.4. The van der Waals surface area contributed by atoms with Crippen LogP contribution in [0.2, 0.25) is 0 Å². The molecule has 1 aliphatic rings. The SMILES string of the molecule is C/C=C\C=C/C1(C)C=CC(c2nc(-c3ccccc3)nc(-c3cccc4oc5cc(-c6cc7c8ccccc8oc7c7ccccc67)ccc5c34)n2)=CC1. The molecule has 6 aromatic carbocycles. The Labute approximate surface area is 312 Å². The van der Waals surface area contributed by atoms with Crippen LogP contribution in [0.3, 0.4) is 0 Å². The molecule has 0 N–H and O–H groups in total. The molecule has 0 bridgehead atoms. The number of nitrogens with zero attached hydrogens (tertiary/aromatic N) is 3. The van der Waals surface area contributed by atoms with Gasteiger partial charge in [-0.3, -0.25) is 0 Å². The standard InChI is InChI=1S/C49H35N3O2/c1-3-4-12-26-49(2)27-24-32(25-28-49)47-50-46(31-14-6-5-7-15-31)51-48(52-47)38-19-13-21-42-44(38)37-23-22-33(29-43(37)53-42)39-30-40-35-17-10-11-20-41(35)54-45(40)36-18-9-8-16-34(36)39/h3-27,29-30H,28H2,1-2H3/b4-3-,26-12-. The van der Waals surface area contributed by atoms with E-state index in [9.17, 15) is 0 Å². The Bertz CT molecular complexity index is 3050. The van der Waals surface area contributed by atoms with Gasteiger partial charge in [-0.2, -0.15) is 0 Å². The van der Waals surface area contributed by atoms with Gasteiger partial charge in [0.2, 0.25) is 0 Å². The third-order valence-corrected chi connectivity index (χ3v) is 10.5. The first-order chi connectivity index (χ1) is 26.5. The van der Waals surface area contributed by atoms with Gasteiger partial charge in [-0.15, -0.1) is 0 Å². The summed E-state index contributed by atoms with van der Waals surface area (Å²) in [4.78, 5) is 15.2. The van der Waals surface area contributed by atoms with Crippen molar-refractivity contribution < 1.29 is 8.83 Å². The summed E-state index contributed by atoms with van der Waals surface area (Å²) in [6.45, 7) is 4.27. The smallest absolute Gasteiger partial charge is 0.164 e. The van der Waals surface area contributed by atoms with Crippen LogP contribution in [0.25, 0.3) is 94.1 Å². The molecule has 0 radical (unpaired) electrons. The number of para-hydroxylation sites is 1. The summed E-state index contributed by atoms with van der Waals surface area (Å²) in [7, 11) is 0. The summed E-state index contributed by atoms with van der Waals surface area (Å²) >= 11 is 0. The fourth-order valence-electron chi connectivity index (χ4n) is 7.73. The van der Waals surface area contributed by atoms with Gasteiger partial charge < -0.3 is 8.83 Å². The first-order valence-corrected chi connectivity index (χ1v) is 18.4. The van der Waals surface area contributed by atoms with Crippen molar-refractivity contribution in [2.75, 3.05) is 0 Å². The maximum absolute atomic E-state index is 6.63. The molecule has 1 unspecified atom stereocenters. The van der Waals surface area contributed by atoms with Gasteiger partial charge in [-0.05, 0) is 60.2 Å². The number of benzene rings is 6. The molecule has 0 fully saturated rings. The Morgan fingerprint density at radius 2 is 1.33 bits per heavy atom. The van der Waals surface area contributed by atoms with Crippen LogP contribution in [0.4, 0.5) is 0 Å². The first kappa shape index (κ1) is 31.9. The van der Waals surface area contributed by atoms with E-state index in [2.05, 4.69) is 110 Å². The van der Waals surface area contributed by atoms with Crippen molar-refractivity contribution >= 4 is 60.2 Å². The minimum Gasteiger partial charge on any atom is -0.456 e. The average Bonchev–Trinajstić information content (AvgIpc) is 3.79. The number of hydrogen-bond acceptors (Lipinski definition) is 5. The third-order valence-electron chi connectivity index (χ3n) is 10.5. The Hall–Kier alpha value is -6.85. The average molecular weight is 698 g/mol. The van der Waals surface area contributed by atoms with Crippen molar-refractivity contribution in [2.45, 2.75) is 20.3 Å². The molecule has 54 heavy (non-hydrogen) atoms. The second kappa shape index (κ2) is 12.7. The summed E-state index contributed by atoms with van der Waals surface area (Å²) in [5.41, 5.74) is 8.32. The van der Waals surface area contributed by atoms with Crippen molar-refractivity contribution in [3.8, 4) is 33.9 Å². The van der Waals surface area contributed by atoms with Crippen LogP contribution < -0.4 is 0 Å². The van der Waals surface area contributed by atoms with Crippen LogP contribution in [0.1, 0.15) is 26.1 Å². The zero-order valence-electron chi connectivity index (χ0n) is 30.0. The monoisotopic (exact) mass is 697 g/mol. The molecule has 0 saturated heterocycles. The summed E-state index contributed by atoms with van der Waals surface area (Å²) in [5.74, 6) is 1.89. The molecule has 0 amide bonds. The van der Waals surface area contributed by atoms with Gasteiger partial charge in [0.25, 0.3) is 0 Å². The number of hydrogen-bond donors (Lipinski definition) is 0. The summed E-state index contributed by atoms with van der Waals surface area (Å²) < 4.78 is 13.0. The van der Waals surface area contributed by atoms with Gasteiger partial charge in [-0.25, -0.2) is 15.0 Å². The van der Waals surface area contributed by atoms with Crippen LogP contribution in [0.15, 0.2) is 173 Å². The Balaban J connectivity index is 1.12. The van der Waals surface area contributed by atoms with Gasteiger partial charge in [0, 0.05) is 49.0 Å². The lowest BCUT2D eigenvalue weighted by atomic mass is 9.81. The van der Waals surface area contributed by atoms with E-state index in [0.717, 1.165) is 88.9 Å². The van der Waals surface area contributed by atoms with Crippen molar-refractivity contribution in [1.82, 2.24) is 15.0 Å². The zero-order valence-corrected chi connectivity index (χ0v) is 30.0. The maximum Gasteiger partial charge on any atom is 0.164 e. The van der Waals surface area contributed by atoms with Crippen LogP contribution in [-0.4, -0.2) is 15.0 Å². The molecule has 3 heterocycles. The third kappa shape index (κ3) is 5.36. The van der Waals surface area contributed by atoms with E-state index in [4.69, 9.17) is 23.8 Å². The normalized spacial score (nSPS) is 16.2. The van der Waals surface area contributed by atoms with Gasteiger partial charge in [0.15, 0.2) is 17.5 Å². The molecule has 3 aromatic heterocycles. The summed E-state index contributed by atoms with van der Waals surface area (Å²) in [6.07, 6.45) is 15.9. The highest BCUT2D eigenvalue weighted by molar-refractivity contribution is 6.20. The lowest BCUT2D eigenvalue weighted by Crippen LogP contribution is -2.12. The molecule has 1 aliphatic carbocycles. The lowest BCUT2D eigenvalue weighted by molar-refractivity contribution is 0.558. The van der Waals surface area contributed by atoms with Gasteiger partial charge in [0.05, 0.1) is 0 Å². The molecule has 5 nitrogen and oxygen atoms in total. The molecular formula is C49H35N3O2. The second-order valence-corrected chi connectivity index (χ2v) is 14.2. The Kier molecular flexibility index (Phi) is 7.48. The molecule has 0 aliphatic heterocycles. The van der Waals surface area contributed by atoms with Crippen LogP contribution >= 0.6 is 0 Å². The van der Waals surface area contributed by atoms with E-state index >= 15 is 0 Å². The minimum atomic E-state index is -0.0777. The summed E-state index contributed by atoms with van der Waals surface area (Å²) in [6, 6.07) is 41.7. The van der Waals surface area contributed by atoms with Gasteiger partial charge in [0.1, 0.15) is 22.3 Å². The number of allylic oxidation sites excluding steroid dienone is 8. The highest BCUT2D eigenvalue weighted by Crippen LogP contribution is 2.43. The predicted octanol–water partition coefficient (Wildman–Crippen LogP) is 13.3. The topological polar surface area (TPSA) is 65.0 Å². The fourth-order valence-corrected chi connectivity index (χ4v) is 7.73. The number of aromatic nitrogens is 3. The molecule has 0 spiro atoms. The number of furan rings is 2. The molecule has 0 saturated carbocycles. The van der Waals surface area contributed by atoms with Crippen molar-refractivity contribution in [2.24, 2.45) is 5.41 Å². The highest BCUT2D eigenvalue weighted by atomic mass is 16.3. The second-order valence-electron chi connectivity index (χ2n) is 14.2. The van der Waals surface area contributed by atoms with Crippen LogP contribution in [0.5, 0.6) is 0 Å². The quantitative estimate of drug-likeness (QED) is 0.162. The lowest BCUT2D eigenvalue weighted by Gasteiger charge is -2.24. The van der Waals surface area contributed by atoms with E-state index in [-0.39, 0.29) is 5.41 Å². The van der Waals surface area contributed by atoms with E-state index < -0.39 is 0 Å². The van der Waals surface area contributed by atoms with E-state index in [1.165, 1.54) is 0 Å². The molecule has 9 aromatic rings. The highest BCUT2D eigenvalue weighted by Gasteiger charge is 2.23. The summed E-state index contributed by atoms with van der Waals surface area (Å²) in [5, 5.41) is 6.41. The maximum atomic E-state index is 6.63. The fraction of sp³-hybridized carbons (Fsp3) is 0.0816. The molecular weight excluding hydrogens is 663 g/mol. The van der Waals surface area contributed by atoms with Crippen LogP contribution in [-0.2, 0) is 0 Å². The Morgan fingerprint density at radius 1 is 0.574 bits per heavy atom. The number of rotatable bonds is 6. The zero-order chi connectivity index (χ0) is 36.2.